The molecule has 7 N–H and O–H groups in total. The molecule has 2 atom stereocenters. The van der Waals surface area contributed by atoms with Crippen molar-refractivity contribution in [2.45, 2.75) is 48.1 Å². The van der Waals surface area contributed by atoms with Crippen LogP contribution < -0.4 is 20.5 Å². The Bertz CT molecular complexity index is 1160. The zero-order valence-corrected chi connectivity index (χ0v) is 20.5. The molecule has 0 unspecified atom stereocenters. The molecule has 15 heteroatoms. The molecule has 0 aromatic heterocycles. The Labute approximate surface area is 199 Å². The zero-order valence-electron chi connectivity index (χ0n) is 18.8. The maximum atomic E-state index is 13.0. The topological polar surface area (TPSA) is 213 Å². The van der Waals surface area contributed by atoms with Crippen LogP contribution in [0.15, 0.2) is 37.1 Å². The van der Waals surface area contributed by atoms with Crippen LogP contribution >= 0.6 is 0 Å². The molecule has 13 nitrogen and oxygen atoms in total. The van der Waals surface area contributed by atoms with E-state index in [9.17, 15) is 27.0 Å². The third-order valence-electron chi connectivity index (χ3n) is 6.02. The number of primary sulfonamides is 1. The van der Waals surface area contributed by atoms with Crippen LogP contribution in [0.4, 0.5) is 5.69 Å². The van der Waals surface area contributed by atoms with Gasteiger partial charge in [0, 0.05) is 31.4 Å². The molecule has 3 rings (SSSR count). The predicted molar refractivity (Wildman–Crippen MR) is 126 cm³/mol. The van der Waals surface area contributed by atoms with Gasteiger partial charge in [0.2, 0.25) is 20.0 Å². The molecule has 1 aromatic rings. The minimum Gasteiger partial charge on any atom is -0.395 e. The average molecular weight is 518 g/mol. The van der Waals surface area contributed by atoms with Crippen LogP contribution in [-0.4, -0.2) is 77.9 Å². The lowest BCUT2D eigenvalue weighted by Crippen LogP contribution is -2.43. The minimum absolute atomic E-state index is 0.0236. The first kappa shape index (κ1) is 26.6. The Hall–Kier alpha value is -2.01. The Morgan fingerprint density at radius 2 is 1.91 bits per heavy atom. The molecule has 2 aliphatic heterocycles. The Morgan fingerprint density at radius 1 is 1.24 bits per heavy atom. The summed E-state index contributed by atoms with van der Waals surface area (Å²) in [5.41, 5.74) is 6.34. The van der Waals surface area contributed by atoms with Crippen LogP contribution in [0.1, 0.15) is 31.7 Å². The SMILES string of the molecule is CC[C@@H](O)CNS(=O)(=O)c1ccc(N2CCC([C@@H](N)CO)CC2)c(C2=NCN=N2)c1S(N)(=O)=O. The van der Waals surface area contributed by atoms with E-state index in [2.05, 4.69) is 19.9 Å². The largest absolute Gasteiger partial charge is 0.395 e. The summed E-state index contributed by atoms with van der Waals surface area (Å²) in [5, 5.41) is 32.3. The molecule has 0 aliphatic carbocycles. The smallest absolute Gasteiger partial charge is 0.242 e. The number of aliphatic hydroxyl groups is 2. The second kappa shape index (κ2) is 10.7. The van der Waals surface area contributed by atoms with E-state index >= 15 is 0 Å². The summed E-state index contributed by atoms with van der Waals surface area (Å²) in [4.78, 5) is 4.84. The number of benzene rings is 1. The highest BCUT2D eigenvalue weighted by atomic mass is 32.2. The number of anilines is 1. The van der Waals surface area contributed by atoms with Crippen molar-refractivity contribution in [3.05, 3.63) is 17.7 Å². The molecular formula is C19H31N7O6S2. The van der Waals surface area contributed by atoms with Gasteiger partial charge in [0.15, 0.2) is 12.5 Å². The van der Waals surface area contributed by atoms with E-state index in [1.54, 1.807) is 6.92 Å². The lowest BCUT2D eigenvalue weighted by molar-refractivity contribution is 0.174. The summed E-state index contributed by atoms with van der Waals surface area (Å²) in [6, 6.07) is 2.32. The molecule has 1 aromatic carbocycles. The Balaban J connectivity index is 2.12. The first-order chi connectivity index (χ1) is 16.0. The normalized spacial score (nSPS) is 19.3. The van der Waals surface area contributed by atoms with Crippen molar-refractivity contribution < 1.29 is 27.0 Å². The number of hydrogen-bond donors (Lipinski definition) is 5. The van der Waals surface area contributed by atoms with E-state index in [4.69, 9.17) is 10.9 Å². The number of aliphatic imine (C=N–C) groups is 1. The standard InChI is InChI=1S/C19H31N7O6S2/c1-2-13(28)9-24-34(31,32)16-4-3-15(26-7-5-12(6-8-26)14(20)10-27)17(18(16)33(21,29)30)19-22-11-23-25-19/h3-4,12-14,24,27-28H,2,5-11,20H2,1H3,(H2,21,29,30)/t13-,14+/m1/s1. The van der Waals surface area contributed by atoms with Gasteiger partial charge in [-0.05, 0) is 37.3 Å². The Morgan fingerprint density at radius 3 is 2.44 bits per heavy atom. The van der Waals surface area contributed by atoms with Gasteiger partial charge in [-0.25, -0.2) is 31.7 Å². The van der Waals surface area contributed by atoms with Crippen LogP contribution in [0.3, 0.4) is 0 Å². The number of nitrogens with zero attached hydrogens (tertiary/aromatic N) is 4. The highest BCUT2D eigenvalue weighted by Crippen LogP contribution is 2.36. The number of sulfonamides is 2. The quantitative estimate of drug-likeness (QED) is 0.261. The highest BCUT2D eigenvalue weighted by molar-refractivity contribution is 7.92. The van der Waals surface area contributed by atoms with Crippen molar-refractivity contribution in [3.63, 3.8) is 0 Å². The summed E-state index contributed by atoms with van der Waals surface area (Å²) in [7, 11) is -8.92. The molecule has 1 saturated heterocycles. The lowest BCUT2D eigenvalue weighted by Gasteiger charge is -2.36. The summed E-state index contributed by atoms with van der Waals surface area (Å²) in [5.74, 6) is 0.0682. The summed E-state index contributed by atoms with van der Waals surface area (Å²) in [6.45, 7) is 2.22. The van der Waals surface area contributed by atoms with Crippen molar-refractivity contribution in [1.29, 1.82) is 0 Å². The number of azo groups is 1. The van der Waals surface area contributed by atoms with Crippen molar-refractivity contribution in [2.24, 2.45) is 32.0 Å². The fraction of sp³-hybridized carbons (Fsp3) is 0.632. The molecular weight excluding hydrogens is 486 g/mol. The maximum Gasteiger partial charge on any atom is 0.242 e. The average Bonchev–Trinajstić information content (AvgIpc) is 3.35. The number of amidine groups is 1. The maximum absolute atomic E-state index is 13.0. The zero-order chi connectivity index (χ0) is 25.1. The second-order valence-corrected chi connectivity index (χ2v) is 11.5. The molecule has 2 aliphatic rings. The van der Waals surface area contributed by atoms with Crippen LogP contribution in [0.5, 0.6) is 0 Å². The van der Waals surface area contributed by atoms with Crippen LogP contribution in [-0.2, 0) is 20.0 Å². The first-order valence-electron chi connectivity index (χ1n) is 10.9. The van der Waals surface area contributed by atoms with E-state index in [1.165, 1.54) is 12.1 Å². The van der Waals surface area contributed by atoms with Crippen molar-refractivity contribution in [1.82, 2.24) is 4.72 Å². The van der Waals surface area contributed by atoms with Gasteiger partial charge in [0.05, 0.1) is 18.3 Å². The van der Waals surface area contributed by atoms with E-state index in [-0.39, 0.29) is 43.2 Å². The molecule has 0 spiro atoms. The summed E-state index contributed by atoms with van der Waals surface area (Å²) in [6.07, 6.45) is 0.667. The van der Waals surface area contributed by atoms with Gasteiger partial charge >= 0.3 is 0 Å². The van der Waals surface area contributed by atoms with Gasteiger partial charge < -0.3 is 20.8 Å². The molecule has 0 radical (unpaired) electrons. The van der Waals surface area contributed by atoms with Crippen molar-refractivity contribution in [2.75, 3.05) is 37.8 Å². The molecule has 0 amide bonds. The predicted octanol–water partition coefficient (Wildman–Crippen LogP) is -0.911. The fourth-order valence-electron chi connectivity index (χ4n) is 4.03. The Kier molecular flexibility index (Phi) is 8.38. The third kappa shape index (κ3) is 5.79. The minimum atomic E-state index is -4.56. The van der Waals surface area contributed by atoms with E-state index in [0.29, 0.717) is 38.0 Å². The number of hydrogen-bond acceptors (Lipinski definition) is 11. The molecule has 2 heterocycles. The second-order valence-electron chi connectivity index (χ2n) is 8.28. The molecule has 0 bridgehead atoms. The van der Waals surface area contributed by atoms with Crippen LogP contribution in [0.25, 0.3) is 0 Å². The number of piperidine rings is 1. The van der Waals surface area contributed by atoms with Gasteiger partial charge in [0.25, 0.3) is 0 Å². The summed E-state index contributed by atoms with van der Waals surface area (Å²) < 4.78 is 53.8. The van der Waals surface area contributed by atoms with Crippen molar-refractivity contribution >= 4 is 31.6 Å². The molecule has 0 saturated carbocycles. The number of nitrogens with one attached hydrogen (secondary N) is 1. The van der Waals surface area contributed by atoms with Gasteiger partial charge in [-0.1, -0.05) is 6.92 Å². The van der Waals surface area contributed by atoms with E-state index in [1.807, 2.05) is 4.90 Å². The van der Waals surface area contributed by atoms with E-state index in [0.717, 1.165) is 0 Å². The highest BCUT2D eigenvalue weighted by Gasteiger charge is 2.35. The fourth-order valence-corrected chi connectivity index (χ4v) is 6.70. The number of nitrogens with two attached hydrogens (primary N) is 2. The number of rotatable bonds is 10. The molecule has 34 heavy (non-hydrogen) atoms. The van der Waals surface area contributed by atoms with Gasteiger partial charge in [-0.2, -0.15) is 5.11 Å². The van der Waals surface area contributed by atoms with Gasteiger partial charge in [0.1, 0.15) is 9.79 Å². The van der Waals surface area contributed by atoms with Gasteiger partial charge in [-0.3, -0.25) is 0 Å². The first-order valence-corrected chi connectivity index (χ1v) is 13.9. The molecule has 1 fully saturated rings. The van der Waals surface area contributed by atoms with Crippen LogP contribution in [0.2, 0.25) is 0 Å². The third-order valence-corrected chi connectivity index (χ3v) is 8.61. The monoisotopic (exact) mass is 517 g/mol. The van der Waals surface area contributed by atoms with E-state index < -0.39 is 35.9 Å². The lowest BCUT2D eigenvalue weighted by atomic mass is 9.90. The molecule has 190 valence electrons. The van der Waals surface area contributed by atoms with Crippen molar-refractivity contribution in [3.8, 4) is 0 Å². The number of aliphatic hydroxyl groups excluding tert-OH is 2. The summed E-state index contributed by atoms with van der Waals surface area (Å²) >= 11 is 0. The van der Waals surface area contributed by atoms with Crippen LogP contribution in [0, 0.1) is 5.92 Å². The van der Waals surface area contributed by atoms with Gasteiger partial charge in [-0.15, -0.1) is 5.11 Å².